The minimum Gasteiger partial charge on any atom is -0.320 e. The molecule has 1 amide bonds. The van der Waals surface area contributed by atoms with E-state index in [1.54, 1.807) is 22.9 Å². The van der Waals surface area contributed by atoms with Crippen molar-refractivity contribution in [3.63, 3.8) is 0 Å². The number of nitrogens with one attached hydrogen (secondary N) is 1. The zero-order chi connectivity index (χ0) is 14.7. The third-order valence-electron chi connectivity index (χ3n) is 2.92. The van der Waals surface area contributed by atoms with Gasteiger partial charge in [0, 0.05) is 6.54 Å². The fourth-order valence-electron chi connectivity index (χ4n) is 1.85. The second-order valence-electron chi connectivity index (χ2n) is 4.25. The van der Waals surface area contributed by atoms with Crippen LogP contribution in [0.2, 0.25) is 5.02 Å². The number of aromatic nitrogens is 2. The number of hydrogen-bond acceptors (Lipinski definition) is 2. The van der Waals surface area contributed by atoms with Crippen LogP contribution in [0.5, 0.6) is 0 Å². The maximum Gasteiger partial charge on any atom is 0.273 e. The summed E-state index contributed by atoms with van der Waals surface area (Å²) in [7, 11) is 0. The minimum absolute atomic E-state index is 0.193. The van der Waals surface area contributed by atoms with E-state index in [4.69, 9.17) is 11.6 Å². The van der Waals surface area contributed by atoms with Crippen LogP contribution in [0.15, 0.2) is 28.7 Å². The Balaban J connectivity index is 2.28. The van der Waals surface area contributed by atoms with Gasteiger partial charge in [-0.3, -0.25) is 9.48 Å². The summed E-state index contributed by atoms with van der Waals surface area (Å²) in [4.78, 5) is 12.4. The Hall–Kier alpha value is -1.33. The predicted octanol–water partition coefficient (Wildman–Crippen LogP) is 4.13. The van der Waals surface area contributed by atoms with Crippen LogP contribution in [0.3, 0.4) is 0 Å². The molecule has 0 unspecified atom stereocenters. The molecule has 1 aromatic carbocycles. The zero-order valence-corrected chi connectivity index (χ0v) is 13.6. The first-order valence-corrected chi connectivity index (χ1v) is 7.56. The molecular weight excluding hydrogens is 342 g/mol. The lowest BCUT2D eigenvalue weighted by Gasteiger charge is -2.09. The van der Waals surface area contributed by atoms with Gasteiger partial charge in [-0.2, -0.15) is 5.10 Å². The summed E-state index contributed by atoms with van der Waals surface area (Å²) in [6.07, 6.45) is 0.800. The highest BCUT2D eigenvalue weighted by atomic mass is 79.9. The minimum atomic E-state index is -0.193. The second-order valence-corrected chi connectivity index (χ2v) is 5.45. The van der Waals surface area contributed by atoms with Crippen molar-refractivity contribution < 1.29 is 4.79 Å². The van der Waals surface area contributed by atoms with Gasteiger partial charge < -0.3 is 5.32 Å². The van der Waals surface area contributed by atoms with Gasteiger partial charge in [0.25, 0.3) is 5.91 Å². The van der Waals surface area contributed by atoms with Crippen LogP contribution >= 0.6 is 27.5 Å². The summed E-state index contributed by atoms with van der Waals surface area (Å²) in [5.74, 6) is -0.193. The molecule has 0 saturated heterocycles. The molecule has 0 aliphatic carbocycles. The molecule has 0 radical (unpaired) electrons. The number of amides is 1. The van der Waals surface area contributed by atoms with Crippen molar-refractivity contribution in [2.24, 2.45) is 0 Å². The Bertz CT molecular complexity index is 639. The quantitative estimate of drug-likeness (QED) is 0.895. The summed E-state index contributed by atoms with van der Waals surface area (Å²) in [6.45, 7) is 4.62. The number of nitrogens with zero attached hydrogens (tertiary/aromatic N) is 2. The Morgan fingerprint density at radius 3 is 2.85 bits per heavy atom. The number of halogens is 2. The molecule has 0 saturated carbocycles. The molecule has 0 fully saturated rings. The Morgan fingerprint density at radius 1 is 1.45 bits per heavy atom. The van der Waals surface area contributed by atoms with Gasteiger partial charge in [0.2, 0.25) is 0 Å². The van der Waals surface area contributed by atoms with Crippen molar-refractivity contribution in [2.75, 3.05) is 5.32 Å². The van der Waals surface area contributed by atoms with E-state index in [0.717, 1.165) is 12.1 Å². The highest BCUT2D eigenvalue weighted by molar-refractivity contribution is 9.10. The van der Waals surface area contributed by atoms with Crippen LogP contribution < -0.4 is 5.32 Å². The van der Waals surface area contributed by atoms with Gasteiger partial charge in [0.15, 0.2) is 0 Å². The molecule has 0 atom stereocenters. The van der Waals surface area contributed by atoms with Gasteiger partial charge >= 0.3 is 0 Å². The summed E-state index contributed by atoms with van der Waals surface area (Å²) in [5.41, 5.74) is 2.10. The van der Waals surface area contributed by atoms with Crippen molar-refractivity contribution in [2.45, 2.75) is 26.8 Å². The van der Waals surface area contributed by atoms with E-state index in [1.165, 1.54) is 0 Å². The number of benzene rings is 1. The van der Waals surface area contributed by atoms with E-state index < -0.39 is 0 Å². The molecule has 1 N–H and O–H groups in total. The van der Waals surface area contributed by atoms with Crippen LogP contribution in [-0.2, 0) is 13.0 Å². The maximum atomic E-state index is 12.4. The number of carbonyl (C=O) groups excluding carboxylic acids is 1. The van der Waals surface area contributed by atoms with Crippen LogP contribution in [0, 0.1) is 0 Å². The Labute approximate surface area is 131 Å². The topological polar surface area (TPSA) is 46.9 Å². The number of carbonyl (C=O) groups is 1. The molecule has 0 aliphatic rings. The normalized spacial score (nSPS) is 10.6. The van der Waals surface area contributed by atoms with E-state index >= 15 is 0 Å². The lowest BCUT2D eigenvalue weighted by atomic mass is 10.2. The molecule has 4 nitrogen and oxygen atoms in total. The van der Waals surface area contributed by atoms with Crippen molar-refractivity contribution in [3.8, 4) is 0 Å². The van der Waals surface area contributed by atoms with Crippen molar-refractivity contribution in [3.05, 3.63) is 45.1 Å². The first kappa shape index (κ1) is 15.1. The molecule has 1 heterocycles. The molecule has 0 spiro atoms. The molecule has 20 heavy (non-hydrogen) atoms. The molecule has 0 bridgehead atoms. The number of hydrogen-bond donors (Lipinski definition) is 1. The van der Waals surface area contributed by atoms with Gasteiger partial charge in [0.1, 0.15) is 5.69 Å². The van der Waals surface area contributed by atoms with Crippen molar-refractivity contribution >= 4 is 39.1 Å². The van der Waals surface area contributed by atoms with Crippen LogP contribution in [-0.4, -0.2) is 15.7 Å². The third kappa shape index (κ3) is 3.04. The SMILES string of the molecule is CCc1cc(C(=O)Nc2cccc(Cl)c2Br)n(CC)n1. The van der Waals surface area contributed by atoms with E-state index in [9.17, 15) is 4.79 Å². The fraction of sp³-hybridized carbons (Fsp3) is 0.286. The van der Waals surface area contributed by atoms with Crippen LogP contribution in [0.4, 0.5) is 5.69 Å². The molecule has 2 aromatic rings. The zero-order valence-electron chi connectivity index (χ0n) is 11.3. The fourth-order valence-corrected chi connectivity index (χ4v) is 2.39. The highest BCUT2D eigenvalue weighted by Crippen LogP contribution is 2.30. The van der Waals surface area contributed by atoms with Gasteiger partial charge in [-0.25, -0.2) is 0 Å². The summed E-state index contributed by atoms with van der Waals surface area (Å²) in [6, 6.07) is 7.16. The Kier molecular flexibility index (Phi) is 4.83. The second kappa shape index (κ2) is 6.41. The largest absolute Gasteiger partial charge is 0.320 e. The average Bonchev–Trinajstić information content (AvgIpc) is 2.87. The molecular formula is C14H15BrClN3O. The standard InChI is InChI=1S/C14H15BrClN3O/c1-3-9-8-12(19(4-2)18-9)14(20)17-11-7-5-6-10(16)13(11)15/h5-8H,3-4H2,1-2H3,(H,17,20). The van der Waals surface area contributed by atoms with Gasteiger partial charge in [-0.1, -0.05) is 24.6 Å². The molecule has 0 aliphatic heterocycles. The Morgan fingerprint density at radius 2 is 2.20 bits per heavy atom. The number of rotatable bonds is 4. The predicted molar refractivity (Wildman–Crippen MR) is 84.4 cm³/mol. The van der Waals surface area contributed by atoms with Gasteiger partial charge in [-0.15, -0.1) is 0 Å². The smallest absolute Gasteiger partial charge is 0.273 e. The van der Waals surface area contributed by atoms with Crippen molar-refractivity contribution in [1.29, 1.82) is 0 Å². The summed E-state index contributed by atoms with van der Waals surface area (Å²) >= 11 is 9.38. The lowest BCUT2D eigenvalue weighted by molar-refractivity contribution is 0.101. The van der Waals surface area contributed by atoms with E-state index in [1.807, 2.05) is 19.9 Å². The molecule has 2 rings (SSSR count). The number of aryl methyl sites for hydroxylation is 2. The lowest BCUT2D eigenvalue weighted by Crippen LogP contribution is -2.17. The van der Waals surface area contributed by atoms with Gasteiger partial charge in [0.05, 0.1) is 20.9 Å². The van der Waals surface area contributed by atoms with E-state index in [-0.39, 0.29) is 5.91 Å². The van der Waals surface area contributed by atoms with Gasteiger partial charge in [-0.05, 0) is 47.5 Å². The highest BCUT2D eigenvalue weighted by Gasteiger charge is 2.15. The van der Waals surface area contributed by atoms with Crippen molar-refractivity contribution in [1.82, 2.24) is 9.78 Å². The van der Waals surface area contributed by atoms with Crippen LogP contribution in [0.1, 0.15) is 30.0 Å². The number of anilines is 1. The molecule has 6 heteroatoms. The molecule has 1 aromatic heterocycles. The summed E-state index contributed by atoms with van der Waals surface area (Å²) < 4.78 is 2.38. The monoisotopic (exact) mass is 355 g/mol. The third-order valence-corrected chi connectivity index (χ3v) is 4.32. The van der Waals surface area contributed by atoms with E-state index in [2.05, 4.69) is 26.3 Å². The first-order chi connectivity index (χ1) is 9.56. The van der Waals surface area contributed by atoms with Crippen LogP contribution in [0.25, 0.3) is 0 Å². The van der Waals surface area contributed by atoms with E-state index in [0.29, 0.717) is 27.4 Å². The maximum absolute atomic E-state index is 12.4. The molecule has 106 valence electrons. The average molecular weight is 357 g/mol. The first-order valence-electron chi connectivity index (χ1n) is 6.38. The summed E-state index contributed by atoms with van der Waals surface area (Å²) in [5, 5.41) is 7.77.